The fraction of sp³-hybridized carbons (Fsp3) is 0.300. The van der Waals surface area contributed by atoms with E-state index in [1.165, 1.54) is 35.2 Å². The lowest BCUT2D eigenvalue weighted by atomic mass is 9.94. The van der Waals surface area contributed by atoms with Gasteiger partial charge in [0.05, 0.1) is 23.3 Å². The normalized spacial score (nSPS) is 14.2. The Balaban J connectivity index is 1.20. The fourth-order valence-corrected chi connectivity index (χ4v) is 6.62. The average molecular weight is 620 g/mol. The number of aromatic nitrogens is 4. The summed E-state index contributed by atoms with van der Waals surface area (Å²) in [6.45, 7) is 4.05. The summed E-state index contributed by atoms with van der Waals surface area (Å²) in [5.41, 5.74) is 2.26. The predicted molar refractivity (Wildman–Crippen MR) is 164 cm³/mol. The molecule has 1 aliphatic heterocycles. The molecule has 0 bridgehead atoms. The van der Waals surface area contributed by atoms with Gasteiger partial charge < -0.3 is 19.5 Å². The van der Waals surface area contributed by atoms with Crippen LogP contribution in [0.4, 0.5) is 15.3 Å². The molecular formula is C30H30FN7O3S2. The third kappa shape index (κ3) is 6.79. The Morgan fingerprint density at radius 3 is 2.77 bits per heavy atom. The van der Waals surface area contributed by atoms with E-state index in [-0.39, 0.29) is 11.7 Å². The van der Waals surface area contributed by atoms with E-state index >= 15 is 0 Å². The summed E-state index contributed by atoms with van der Waals surface area (Å²) in [5, 5.41) is 11.0. The Kier molecular flexibility index (Phi) is 8.54. The molecule has 0 saturated carbocycles. The van der Waals surface area contributed by atoms with Crippen LogP contribution in [0, 0.1) is 12.7 Å². The first kappa shape index (κ1) is 29.0. The SMILES string of the molecule is Cc1noc2nccc(Sc3cnc(Nc4nc(C5CCN(CC(=O)N(C)C)CC5)cs4)c(Oc4ccc(F)cc4)c3)c12. The van der Waals surface area contributed by atoms with E-state index in [9.17, 15) is 9.18 Å². The second-order valence-corrected chi connectivity index (χ2v) is 12.4. The van der Waals surface area contributed by atoms with Gasteiger partial charge in [0.15, 0.2) is 16.7 Å². The van der Waals surface area contributed by atoms with Gasteiger partial charge in [-0.05, 0) is 63.2 Å². The van der Waals surface area contributed by atoms with Crippen molar-refractivity contribution in [3.05, 3.63) is 71.4 Å². The van der Waals surface area contributed by atoms with Crippen molar-refractivity contribution in [3.8, 4) is 11.5 Å². The van der Waals surface area contributed by atoms with E-state index in [1.807, 2.05) is 19.1 Å². The van der Waals surface area contributed by atoms with Gasteiger partial charge in [-0.25, -0.2) is 19.3 Å². The number of hydrogen-bond acceptors (Lipinski definition) is 11. The minimum absolute atomic E-state index is 0.122. The molecule has 4 aromatic heterocycles. The van der Waals surface area contributed by atoms with Gasteiger partial charge >= 0.3 is 0 Å². The highest BCUT2D eigenvalue weighted by atomic mass is 32.2. The number of rotatable bonds is 9. The number of pyridine rings is 2. The molecule has 1 amide bonds. The summed E-state index contributed by atoms with van der Waals surface area (Å²) in [6, 6.07) is 9.65. The van der Waals surface area contributed by atoms with Crippen LogP contribution in [0.25, 0.3) is 11.1 Å². The molecule has 1 aromatic carbocycles. The molecule has 1 saturated heterocycles. The maximum atomic E-state index is 13.6. The number of benzene rings is 1. The number of halogens is 1. The number of hydrogen-bond donors (Lipinski definition) is 1. The maximum Gasteiger partial charge on any atom is 0.259 e. The highest BCUT2D eigenvalue weighted by Gasteiger charge is 2.24. The van der Waals surface area contributed by atoms with E-state index in [0.29, 0.717) is 40.6 Å². The van der Waals surface area contributed by atoms with E-state index < -0.39 is 0 Å². The van der Waals surface area contributed by atoms with E-state index in [2.05, 4.69) is 30.7 Å². The van der Waals surface area contributed by atoms with Gasteiger partial charge in [0.25, 0.3) is 5.71 Å². The molecule has 43 heavy (non-hydrogen) atoms. The Labute approximate surface area is 256 Å². The Morgan fingerprint density at radius 2 is 2.00 bits per heavy atom. The fourth-order valence-electron chi connectivity index (χ4n) is 4.83. The first-order valence-corrected chi connectivity index (χ1v) is 15.5. The standard InChI is InChI=1S/C30H30FN7O3S2/c1-18-27-25(8-11-32-29(27)41-36-18)43-22-14-24(40-21-6-4-20(31)5-7-21)28(33-15-22)35-30-34-23(17-42-30)19-9-12-38(13-10-19)16-26(39)37(2)3/h4-8,11,14-15,17,19H,9-10,12-13,16H2,1-3H3,(H,33,34,35). The molecule has 222 valence electrons. The molecule has 0 radical (unpaired) electrons. The summed E-state index contributed by atoms with van der Waals surface area (Å²) >= 11 is 3.01. The number of nitrogens with zero attached hydrogens (tertiary/aromatic N) is 6. The van der Waals surface area contributed by atoms with Crippen LogP contribution in [-0.2, 0) is 4.79 Å². The smallest absolute Gasteiger partial charge is 0.259 e. The largest absolute Gasteiger partial charge is 0.453 e. The number of ether oxygens (including phenoxy) is 1. The number of fused-ring (bicyclic) bond motifs is 1. The molecule has 0 spiro atoms. The van der Waals surface area contributed by atoms with Crippen LogP contribution in [0.3, 0.4) is 0 Å². The number of amides is 1. The number of anilines is 2. The van der Waals surface area contributed by atoms with Gasteiger partial charge in [0, 0.05) is 53.6 Å². The van der Waals surface area contributed by atoms with Gasteiger partial charge in [-0.1, -0.05) is 16.9 Å². The molecule has 0 unspecified atom stereocenters. The number of carbonyl (C=O) groups is 1. The number of likely N-dealkylation sites (tertiary alicyclic amines) is 1. The zero-order valence-corrected chi connectivity index (χ0v) is 25.5. The van der Waals surface area contributed by atoms with Crippen LogP contribution in [0.15, 0.2) is 68.5 Å². The minimum atomic E-state index is -0.343. The highest BCUT2D eigenvalue weighted by Crippen LogP contribution is 2.39. The first-order chi connectivity index (χ1) is 20.8. The summed E-state index contributed by atoms with van der Waals surface area (Å²) < 4.78 is 25.1. The van der Waals surface area contributed by atoms with Crippen molar-refractivity contribution < 1.29 is 18.4 Å². The summed E-state index contributed by atoms with van der Waals surface area (Å²) in [7, 11) is 3.57. The van der Waals surface area contributed by atoms with Crippen LogP contribution in [-0.4, -0.2) is 69.5 Å². The first-order valence-electron chi connectivity index (χ1n) is 13.8. The highest BCUT2D eigenvalue weighted by molar-refractivity contribution is 7.99. The molecule has 13 heteroatoms. The zero-order chi connectivity index (χ0) is 29.9. The molecule has 0 atom stereocenters. The second-order valence-electron chi connectivity index (χ2n) is 10.5. The van der Waals surface area contributed by atoms with E-state index in [1.54, 1.807) is 43.5 Å². The molecule has 1 fully saturated rings. The molecule has 6 rings (SSSR count). The van der Waals surface area contributed by atoms with Crippen molar-refractivity contribution in [1.29, 1.82) is 0 Å². The van der Waals surface area contributed by atoms with Crippen molar-refractivity contribution in [2.75, 3.05) is 39.0 Å². The minimum Gasteiger partial charge on any atom is -0.453 e. The lowest BCUT2D eigenvalue weighted by molar-refractivity contribution is -0.130. The van der Waals surface area contributed by atoms with Crippen molar-refractivity contribution in [3.63, 3.8) is 0 Å². The summed E-state index contributed by atoms with van der Waals surface area (Å²) in [5.74, 6) is 1.56. The molecule has 1 N–H and O–H groups in total. The van der Waals surface area contributed by atoms with Crippen LogP contribution in [0.5, 0.6) is 11.5 Å². The van der Waals surface area contributed by atoms with Crippen LogP contribution in [0.2, 0.25) is 0 Å². The van der Waals surface area contributed by atoms with Crippen LogP contribution >= 0.6 is 23.1 Å². The van der Waals surface area contributed by atoms with Crippen LogP contribution < -0.4 is 10.1 Å². The third-order valence-corrected chi connectivity index (χ3v) is 9.01. The second kappa shape index (κ2) is 12.7. The predicted octanol–water partition coefficient (Wildman–Crippen LogP) is 6.48. The van der Waals surface area contributed by atoms with Gasteiger partial charge in [-0.2, -0.15) is 0 Å². The Hall–Kier alpha value is -4.07. The number of piperidine rings is 1. The maximum absolute atomic E-state index is 13.6. The molecule has 5 heterocycles. The third-order valence-electron chi connectivity index (χ3n) is 7.22. The lowest BCUT2D eigenvalue weighted by Crippen LogP contribution is -2.40. The van der Waals surface area contributed by atoms with Crippen molar-refractivity contribution >= 4 is 51.1 Å². The average Bonchev–Trinajstić information content (AvgIpc) is 3.63. The zero-order valence-electron chi connectivity index (χ0n) is 23.9. The van der Waals surface area contributed by atoms with E-state index in [4.69, 9.17) is 14.2 Å². The monoisotopic (exact) mass is 619 g/mol. The summed E-state index contributed by atoms with van der Waals surface area (Å²) in [4.78, 5) is 31.5. The Morgan fingerprint density at radius 1 is 1.21 bits per heavy atom. The van der Waals surface area contributed by atoms with Crippen molar-refractivity contribution in [2.24, 2.45) is 0 Å². The van der Waals surface area contributed by atoms with Gasteiger partial charge in [0.1, 0.15) is 11.6 Å². The molecule has 0 aliphatic carbocycles. The van der Waals surface area contributed by atoms with Gasteiger partial charge in [-0.15, -0.1) is 11.3 Å². The topological polar surface area (TPSA) is 110 Å². The molecule has 10 nitrogen and oxygen atoms in total. The number of aryl methyl sites for hydroxylation is 1. The van der Waals surface area contributed by atoms with E-state index in [0.717, 1.165) is 52.5 Å². The van der Waals surface area contributed by atoms with Crippen molar-refractivity contribution in [1.82, 2.24) is 29.9 Å². The molecule has 5 aromatic rings. The lowest BCUT2D eigenvalue weighted by Gasteiger charge is -2.31. The number of thiazole rings is 1. The van der Waals surface area contributed by atoms with Gasteiger partial charge in [0.2, 0.25) is 5.91 Å². The van der Waals surface area contributed by atoms with Crippen LogP contribution in [0.1, 0.15) is 30.1 Å². The quantitative estimate of drug-likeness (QED) is 0.197. The molecule has 1 aliphatic rings. The number of carbonyl (C=O) groups excluding carboxylic acids is 1. The molecular weight excluding hydrogens is 590 g/mol. The Bertz CT molecular complexity index is 1730. The van der Waals surface area contributed by atoms with Gasteiger partial charge in [-0.3, -0.25) is 9.69 Å². The number of likely N-dealkylation sites (N-methyl/N-ethyl adjacent to an activating group) is 1. The van der Waals surface area contributed by atoms with Crippen molar-refractivity contribution in [2.45, 2.75) is 35.5 Å². The summed E-state index contributed by atoms with van der Waals surface area (Å²) in [6.07, 6.45) is 5.34. The number of nitrogens with one attached hydrogen (secondary N) is 1.